The van der Waals surface area contributed by atoms with Crippen LogP contribution in [0.3, 0.4) is 0 Å². The van der Waals surface area contributed by atoms with Gasteiger partial charge in [0.05, 0.1) is 25.3 Å². The van der Waals surface area contributed by atoms with Gasteiger partial charge in [0.25, 0.3) is 0 Å². The summed E-state index contributed by atoms with van der Waals surface area (Å²) in [6, 6.07) is 24.6. The van der Waals surface area contributed by atoms with E-state index in [1.54, 1.807) is 72.8 Å². The van der Waals surface area contributed by atoms with Crippen molar-refractivity contribution in [3.05, 3.63) is 107 Å². The van der Waals surface area contributed by atoms with Crippen LogP contribution in [0.2, 0.25) is 0 Å². The molecule has 4 aromatic rings. The Kier molecular flexibility index (Phi) is 7.99. The van der Waals surface area contributed by atoms with E-state index in [2.05, 4.69) is 0 Å². The number of para-hydroxylation sites is 4. The molecule has 0 atom stereocenters. The van der Waals surface area contributed by atoms with Gasteiger partial charge in [-0.1, -0.05) is 48.5 Å². The van der Waals surface area contributed by atoms with Gasteiger partial charge in [0.2, 0.25) is 0 Å². The molecule has 0 saturated carbocycles. The van der Waals surface area contributed by atoms with Gasteiger partial charge in [0.1, 0.15) is 23.0 Å². The minimum Gasteiger partial charge on any atom is -0.736 e. The van der Waals surface area contributed by atoms with Crippen LogP contribution < -0.4 is 53.4 Å². The summed E-state index contributed by atoms with van der Waals surface area (Å²) in [6.07, 6.45) is 3.18. The largest absolute Gasteiger partial charge is 1.00 e. The second kappa shape index (κ2) is 11.5. The third-order valence-corrected chi connectivity index (χ3v) is 7.02. The molecule has 0 radical (unpaired) electrons. The molecule has 0 aliphatic carbocycles. The van der Waals surface area contributed by atoms with Crippen LogP contribution in [-0.4, -0.2) is 14.2 Å². The molecule has 2 aliphatic rings. The number of benzene rings is 4. The number of phosphoric acid groups is 1. The van der Waals surface area contributed by atoms with Gasteiger partial charge in [-0.15, -0.1) is 0 Å². The van der Waals surface area contributed by atoms with E-state index < -0.39 is 7.82 Å². The summed E-state index contributed by atoms with van der Waals surface area (Å²) in [6.45, 7) is 0. The fraction of sp³-hybridized carbons (Fsp3) is 0.0667. The Bertz CT molecular complexity index is 1580. The summed E-state index contributed by atoms with van der Waals surface area (Å²) in [4.78, 5) is 13.5. The molecule has 10 heteroatoms. The van der Waals surface area contributed by atoms with Crippen molar-refractivity contribution in [2.24, 2.45) is 0 Å². The molecule has 0 bridgehead atoms. The first kappa shape index (κ1) is 27.9. The first-order valence-electron chi connectivity index (χ1n) is 12.0. The number of hydrogen-bond acceptors (Lipinski definition) is 8. The minimum atomic E-state index is -5.03. The number of methoxy groups -OCH3 is 2. The SMILES string of the molecule is COc1cccc2c1Oc1ccccc1C=C2OP(=O)([O-])OC1=Cc2ccccc2Oc2c(OC)cccc21.[Na+]. The molecule has 2 aliphatic heterocycles. The van der Waals surface area contributed by atoms with E-state index in [1.807, 2.05) is 24.3 Å². The summed E-state index contributed by atoms with van der Waals surface area (Å²) in [7, 11) is -2.02. The molecule has 0 unspecified atom stereocenters. The zero-order chi connectivity index (χ0) is 27.0. The predicted octanol–water partition coefficient (Wildman–Crippen LogP) is 4.12. The van der Waals surface area contributed by atoms with Crippen molar-refractivity contribution < 1.29 is 67.0 Å². The Balaban J connectivity index is 0.00000323. The Morgan fingerprint density at radius 2 is 1.05 bits per heavy atom. The van der Waals surface area contributed by atoms with Crippen molar-refractivity contribution in [1.82, 2.24) is 0 Å². The van der Waals surface area contributed by atoms with E-state index in [4.69, 9.17) is 28.0 Å². The van der Waals surface area contributed by atoms with Gasteiger partial charge in [-0.25, -0.2) is 4.57 Å². The van der Waals surface area contributed by atoms with Gasteiger partial charge in [0.15, 0.2) is 23.0 Å². The number of hydrogen-bond donors (Lipinski definition) is 0. The maximum Gasteiger partial charge on any atom is 1.00 e. The van der Waals surface area contributed by atoms with Crippen molar-refractivity contribution in [1.29, 1.82) is 0 Å². The summed E-state index contributed by atoms with van der Waals surface area (Å²) < 4.78 is 47.9. The molecule has 0 aromatic heterocycles. The van der Waals surface area contributed by atoms with Crippen molar-refractivity contribution in [3.8, 4) is 34.5 Å². The van der Waals surface area contributed by atoms with E-state index in [0.29, 0.717) is 56.8 Å². The van der Waals surface area contributed by atoms with Crippen molar-refractivity contribution in [2.75, 3.05) is 14.2 Å². The first-order valence-corrected chi connectivity index (χ1v) is 13.4. The van der Waals surface area contributed by atoms with Crippen LogP contribution >= 0.6 is 7.82 Å². The molecule has 0 saturated heterocycles. The molecule has 2 heterocycles. The maximum absolute atomic E-state index is 13.5. The van der Waals surface area contributed by atoms with Gasteiger partial charge in [-0.05, 0) is 48.6 Å². The number of fused-ring (bicyclic) bond motifs is 4. The summed E-state index contributed by atoms with van der Waals surface area (Å²) in [5.41, 5.74) is 2.01. The molecule has 0 N–H and O–H groups in total. The third kappa shape index (κ3) is 5.37. The number of phosphoric ester groups is 1. The second-order valence-corrected chi connectivity index (χ2v) is 9.86. The third-order valence-electron chi connectivity index (χ3n) is 6.18. The normalized spacial score (nSPS) is 13.0. The molecule has 0 spiro atoms. The Hall–Kier alpha value is -3.65. The van der Waals surface area contributed by atoms with Crippen LogP contribution in [0.4, 0.5) is 0 Å². The van der Waals surface area contributed by atoms with E-state index in [1.165, 1.54) is 14.2 Å². The van der Waals surface area contributed by atoms with E-state index in [-0.39, 0.29) is 41.1 Å². The van der Waals surface area contributed by atoms with Crippen LogP contribution in [-0.2, 0) is 13.6 Å². The fourth-order valence-corrected chi connectivity index (χ4v) is 5.23. The van der Waals surface area contributed by atoms with Gasteiger partial charge in [-0.2, -0.15) is 0 Å². The molecule has 4 aromatic carbocycles. The zero-order valence-corrected chi connectivity index (χ0v) is 24.8. The zero-order valence-electron chi connectivity index (χ0n) is 22.0. The van der Waals surface area contributed by atoms with Gasteiger partial charge in [0, 0.05) is 11.1 Å². The van der Waals surface area contributed by atoms with Crippen LogP contribution in [0.1, 0.15) is 22.3 Å². The van der Waals surface area contributed by atoms with Crippen molar-refractivity contribution >= 4 is 31.5 Å². The molecular weight excluding hydrogens is 542 g/mol. The Labute approximate surface area is 253 Å². The molecule has 6 rings (SSSR count). The summed E-state index contributed by atoms with van der Waals surface area (Å²) in [5.74, 6) is 2.55. The van der Waals surface area contributed by atoms with Crippen LogP contribution in [0.15, 0.2) is 84.9 Å². The fourth-order valence-electron chi connectivity index (χ4n) is 4.41. The molecule has 0 fully saturated rings. The average Bonchev–Trinajstić information content (AvgIpc) is 3.19. The van der Waals surface area contributed by atoms with Crippen LogP contribution in [0.5, 0.6) is 34.5 Å². The van der Waals surface area contributed by atoms with Gasteiger partial charge in [-0.3, -0.25) is 0 Å². The van der Waals surface area contributed by atoms with Crippen LogP contribution in [0.25, 0.3) is 23.7 Å². The van der Waals surface area contributed by atoms with Gasteiger partial charge < -0.3 is 32.9 Å². The predicted molar refractivity (Wildman–Crippen MR) is 145 cm³/mol. The first-order chi connectivity index (χ1) is 19.0. The van der Waals surface area contributed by atoms with Crippen molar-refractivity contribution in [3.63, 3.8) is 0 Å². The molecule has 8 nitrogen and oxygen atoms in total. The van der Waals surface area contributed by atoms with E-state index in [0.717, 1.165) is 0 Å². The minimum absolute atomic E-state index is 0. The molecular formula is C30H22NaO8P. The maximum atomic E-state index is 13.5. The topological polar surface area (TPSA) is 95.5 Å². The average molecular weight is 564 g/mol. The molecule has 40 heavy (non-hydrogen) atoms. The van der Waals surface area contributed by atoms with E-state index in [9.17, 15) is 9.46 Å². The molecule has 196 valence electrons. The van der Waals surface area contributed by atoms with Crippen molar-refractivity contribution in [2.45, 2.75) is 0 Å². The number of ether oxygens (including phenoxy) is 4. The second-order valence-electron chi connectivity index (χ2n) is 8.60. The van der Waals surface area contributed by atoms with Gasteiger partial charge >= 0.3 is 37.4 Å². The standard InChI is InChI=1S/C30H23O8P.Na/c1-33-25-15-7-11-21-27(17-19-9-3-5-13-23(19)35-29(21)25)37-39(31,32)38-28-18-20-10-4-6-14-24(20)36-30-22(28)12-8-16-26(30)34-2;/h3-18H,1-2H3,(H,31,32);/q;+1/p-1. The summed E-state index contributed by atoms with van der Waals surface area (Å²) in [5, 5.41) is 0. The Morgan fingerprint density at radius 3 is 1.48 bits per heavy atom. The van der Waals surface area contributed by atoms with E-state index >= 15 is 0 Å². The monoisotopic (exact) mass is 564 g/mol. The quantitative estimate of drug-likeness (QED) is 0.255. The smallest absolute Gasteiger partial charge is 0.736 e. The summed E-state index contributed by atoms with van der Waals surface area (Å²) >= 11 is 0. The van der Waals surface area contributed by atoms with Crippen LogP contribution in [0, 0.1) is 0 Å². The molecule has 0 amide bonds. The number of rotatable bonds is 6. The Morgan fingerprint density at radius 1 is 0.625 bits per heavy atom.